The number of rotatable bonds is 4. The van der Waals surface area contributed by atoms with Crippen molar-refractivity contribution < 1.29 is 9.47 Å². The summed E-state index contributed by atoms with van der Waals surface area (Å²) in [6.07, 6.45) is 1.91. The zero-order chi connectivity index (χ0) is 15.6. The van der Waals surface area contributed by atoms with E-state index in [4.69, 9.17) is 9.47 Å². The molecule has 1 aromatic carbocycles. The van der Waals surface area contributed by atoms with Gasteiger partial charge in [0.25, 0.3) is 0 Å². The van der Waals surface area contributed by atoms with Crippen LogP contribution in [0.1, 0.15) is 36.2 Å². The van der Waals surface area contributed by atoms with Gasteiger partial charge in [0.2, 0.25) is 5.79 Å². The number of nitrogens with one attached hydrogen (secondary N) is 1. The van der Waals surface area contributed by atoms with Gasteiger partial charge in [0, 0.05) is 38.7 Å². The molecule has 0 amide bonds. The van der Waals surface area contributed by atoms with E-state index in [1.54, 1.807) is 0 Å². The number of ether oxygens (including phenoxy) is 2. The van der Waals surface area contributed by atoms with Gasteiger partial charge in [0.05, 0.1) is 12.3 Å². The van der Waals surface area contributed by atoms with E-state index in [1.807, 2.05) is 33.0 Å². The highest BCUT2D eigenvalue weighted by atomic mass is 16.7. The van der Waals surface area contributed by atoms with E-state index in [-0.39, 0.29) is 0 Å². The van der Waals surface area contributed by atoms with Crippen LogP contribution in [0.4, 0.5) is 0 Å². The first kappa shape index (κ1) is 15.0. The number of hydrogen-bond acceptors (Lipinski definition) is 4. The third kappa shape index (κ3) is 3.29. The number of aryl methyl sites for hydroxylation is 1. The second kappa shape index (κ2) is 6.07. The molecule has 3 rings (SSSR count). The van der Waals surface area contributed by atoms with E-state index < -0.39 is 5.79 Å². The van der Waals surface area contributed by atoms with Crippen molar-refractivity contribution in [2.24, 2.45) is 0 Å². The Balaban J connectivity index is 1.72. The number of benzene rings is 1. The average Bonchev–Trinajstić information content (AvgIpc) is 2.50. The van der Waals surface area contributed by atoms with Gasteiger partial charge in [-0.15, -0.1) is 0 Å². The average molecular weight is 298 g/mol. The van der Waals surface area contributed by atoms with Crippen LogP contribution in [0.5, 0.6) is 5.75 Å². The minimum Gasteiger partial charge on any atom is -0.461 e. The summed E-state index contributed by atoms with van der Waals surface area (Å²) >= 11 is 0. The molecule has 1 aliphatic heterocycles. The summed E-state index contributed by atoms with van der Waals surface area (Å²) in [4.78, 5) is 4.46. The summed E-state index contributed by atoms with van der Waals surface area (Å²) in [5, 5.41) is 3.46. The Morgan fingerprint density at radius 3 is 2.73 bits per heavy atom. The highest BCUT2D eigenvalue weighted by Gasteiger charge is 2.30. The minimum atomic E-state index is -0.588. The molecule has 22 heavy (non-hydrogen) atoms. The van der Waals surface area contributed by atoms with Gasteiger partial charge >= 0.3 is 0 Å². The van der Waals surface area contributed by atoms with Crippen molar-refractivity contribution in [3.63, 3.8) is 0 Å². The molecule has 1 N–H and O–H groups in total. The number of aromatic nitrogens is 1. The zero-order valence-electron chi connectivity index (χ0n) is 13.3. The molecule has 4 nitrogen and oxygen atoms in total. The number of fused-ring (bicyclic) bond motifs is 1. The molecule has 0 unspecified atom stereocenters. The lowest BCUT2D eigenvalue weighted by atomic mass is 10.1. The summed E-state index contributed by atoms with van der Waals surface area (Å²) in [6.45, 7) is 7.97. The predicted molar refractivity (Wildman–Crippen MR) is 85.5 cm³/mol. The Kier molecular flexibility index (Phi) is 4.14. The Bertz CT molecular complexity index is 654. The molecule has 0 spiro atoms. The second-order valence-electron chi connectivity index (χ2n) is 6.06. The molecule has 0 aliphatic carbocycles. The second-order valence-corrected chi connectivity index (χ2v) is 6.06. The summed E-state index contributed by atoms with van der Waals surface area (Å²) < 4.78 is 11.7. The van der Waals surface area contributed by atoms with Gasteiger partial charge in [-0.1, -0.05) is 30.3 Å². The molecule has 0 saturated heterocycles. The van der Waals surface area contributed by atoms with Crippen molar-refractivity contribution >= 4 is 0 Å². The molecule has 2 heterocycles. The van der Waals surface area contributed by atoms with Crippen LogP contribution in [0.15, 0.2) is 36.5 Å². The lowest BCUT2D eigenvalue weighted by molar-refractivity contribution is -0.180. The van der Waals surface area contributed by atoms with E-state index in [0.717, 1.165) is 35.7 Å². The van der Waals surface area contributed by atoms with Crippen LogP contribution in [0.25, 0.3) is 0 Å². The summed E-state index contributed by atoms with van der Waals surface area (Å²) in [5.74, 6) is 0.283. The fourth-order valence-corrected chi connectivity index (χ4v) is 2.58. The Labute approximate surface area is 131 Å². The lowest BCUT2D eigenvalue weighted by Crippen LogP contribution is -2.36. The fraction of sp³-hybridized carbons (Fsp3) is 0.389. The highest BCUT2D eigenvalue weighted by Crippen LogP contribution is 2.34. The molecule has 2 aromatic rings. The van der Waals surface area contributed by atoms with Gasteiger partial charge in [-0.05, 0) is 18.1 Å². The zero-order valence-corrected chi connectivity index (χ0v) is 13.3. The summed E-state index contributed by atoms with van der Waals surface area (Å²) in [6, 6.07) is 10.4. The van der Waals surface area contributed by atoms with Crippen molar-refractivity contribution in [3.8, 4) is 5.75 Å². The largest absolute Gasteiger partial charge is 0.461 e. The Hall–Kier alpha value is -1.91. The maximum absolute atomic E-state index is 5.94. The van der Waals surface area contributed by atoms with Crippen LogP contribution in [0.3, 0.4) is 0 Å². The van der Waals surface area contributed by atoms with Crippen LogP contribution in [0.2, 0.25) is 0 Å². The van der Waals surface area contributed by atoms with Crippen LogP contribution >= 0.6 is 0 Å². The molecular formula is C18H22N2O2. The first-order valence-corrected chi connectivity index (χ1v) is 7.60. The molecule has 1 aliphatic rings. The fourth-order valence-electron chi connectivity index (χ4n) is 2.58. The maximum atomic E-state index is 5.94. The normalized spacial score (nSPS) is 16.0. The third-order valence-corrected chi connectivity index (χ3v) is 3.80. The lowest BCUT2D eigenvalue weighted by Gasteiger charge is -2.34. The third-order valence-electron chi connectivity index (χ3n) is 3.80. The van der Waals surface area contributed by atoms with E-state index in [9.17, 15) is 0 Å². The standard InChI is InChI=1S/C18H22N2O2/c1-13-17-16(12-21-18(2,3)22-17)15(11-20-13)10-19-9-14-7-5-4-6-8-14/h4-8,11,19H,9-10,12H2,1-3H3. The van der Waals surface area contributed by atoms with E-state index in [0.29, 0.717) is 6.61 Å². The van der Waals surface area contributed by atoms with Gasteiger partial charge in [-0.25, -0.2) is 0 Å². The van der Waals surface area contributed by atoms with Crippen LogP contribution < -0.4 is 10.1 Å². The SMILES string of the molecule is Cc1ncc(CNCc2ccccc2)c2c1OC(C)(C)OC2. The molecule has 4 heteroatoms. The van der Waals surface area contributed by atoms with Gasteiger partial charge in [-0.3, -0.25) is 4.98 Å². The summed E-state index contributed by atoms with van der Waals surface area (Å²) in [5.41, 5.74) is 4.42. The van der Waals surface area contributed by atoms with E-state index in [1.165, 1.54) is 5.56 Å². The van der Waals surface area contributed by atoms with Gasteiger partial charge in [-0.2, -0.15) is 0 Å². The predicted octanol–water partition coefficient (Wildman–Crippen LogP) is 3.32. The molecule has 0 fully saturated rings. The Morgan fingerprint density at radius 2 is 1.95 bits per heavy atom. The molecule has 116 valence electrons. The molecule has 0 radical (unpaired) electrons. The van der Waals surface area contributed by atoms with Crippen molar-refractivity contribution in [2.45, 2.75) is 46.3 Å². The Morgan fingerprint density at radius 1 is 1.18 bits per heavy atom. The van der Waals surface area contributed by atoms with Crippen LogP contribution in [-0.4, -0.2) is 10.8 Å². The topological polar surface area (TPSA) is 43.4 Å². The molecule has 0 saturated carbocycles. The monoisotopic (exact) mass is 298 g/mol. The molecule has 0 bridgehead atoms. The van der Waals surface area contributed by atoms with Gasteiger partial charge in [0.15, 0.2) is 0 Å². The van der Waals surface area contributed by atoms with Crippen molar-refractivity contribution in [2.75, 3.05) is 0 Å². The van der Waals surface area contributed by atoms with Crippen LogP contribution in [0, 0.1) is 6.92 Å². The molecule has 1 aromatic heterocycles. The minimum absolute atomic E-state index is 0.564. The van der Waals surface area contributed by atoms with Crippen molar-refractivity contribution in [1.82, 2.24) is 10.3 Å². The first-order chi connectivity index (χ1) is 10.6. The van der Waals surface area contributed by atoms with Gasteiger partial charge in [0.1, 0.15) is 5.75 Å². The smallest absolute Gasteiger partial charge is 0.205 e. The summed E-state index contributed by atoms with van der Waals surface area (Å²) in [7, 11) is 0. The van der Waals surface area contributed by atoms with E-state index in [2.05, 4.69) is 34.6 Å². The highest BCUT2D eigenvalue weighted by molar-refractivity contribution is 5.42. The quantitative estimate of drug-likeness (QED) is 0.940. The molecule has 0 atom stereocenters. The first-order valence-electron chi connectivity index (χ1n) is 7.60. The molecular weight excluding hydrogens is 276 g/mol. The maximum Gasteiger partial charge on any atom is 0.205 e. The van der Waals surface area contributed by atoms with Crippen molar-refractivity contribution in [1.29, 1.82) is 0 Å². The van der Waals surface area contributed by atoms with Crippen LogP contribution in [-0.2, 0) is 24.4 Å². The van der Waals surface area contributed by atoms with Gasteiger partial charge < -0.3 is 14.8 Å². The van der Waals surface area contributed by atoms with Crippen molar-refractivity contribution in [3.05, 3.63) is 58.9 Å². The number of pyridine rings is 1. The number of hydrogen-bond donors (Lipinski definition) is 1. The number of nitrogens with zero attached hydrogens (tertiary/aromatic N) is 1. The van der Waals surface area contributed by atoms with E-state index >= 15 is 0 Å².